The van der Waals surface area contributed by atoms with Crippen molar-refractivity contribution in [3.8, 4) is 0 Å². The molecule has 0 heterocycles. The Labute approximate surface area is 86.7 Å². The van der Waals surface area contributed by atoms with E-state index in [4.69, 9.17) is 0 Å². The molecule has 0 atom stereocenters. The molecule has 70 valence electrons. The second kappa shape index (κ2) is 5.75. The molecule has 0 radical (unpaired) electrons. The summed E-state index contributed by atoms with van der Waals surface area (Å²) in [5.41, 5.74) is 1.30. The van der Waals surface area contributed by atoms with Crippen molar-refractivity contribution in [1.29, 1.82) is 0 Å². The first-order valence-electron chi connectivity index (χ1n) is 4.13. The molecular weight excluding hydrogens is 230 g/mol. The summed E-state index contributed by atoms with van der Waals surface area (Å²) in [6, 6.07) is 8.19. The van der Waals surface area contributed by atoms with E-state index in [0.29, 0.717) is 0 Å². The van der Waals surface area contributed by atoms with Gasteiger partial charge in [0.25, 0.3) is 0 Å². The quantitative estimate of drug-likeness (QED) is 0.587. The lowest BCUT2D eigenvalue weighted by Crippen LogP contribution is -1.87. The highest BCUT2D eigenvalue weighted by atomic mass is 79.9. The van der Waals surface area contributed by atoms with Gasteiger partial charge in [0, 0.05) is 10.7 Å². The molecule has 0 unspecified atom stereocenters. The standard InChI is InChI=1S/C10H12BrNO/c1-13-12-8-4-6-9-5-2-3-7-10(9)11/h2-3,5,7-8H,4,6H2,1H3/b12-8+. The molecule has 0 saturated heterocycles. The van der Waals surface area contributed by atoms with E-state index in [1.54, 1.807) is 13.3 Å². The second-order valence-corrected chi connectivity index (χ2v) is 3.45. The van der Waals surface area contributed by atoms with Gasteiger partial charge in [-0.25, -0.2) is 0 Å². The van der Waals surface area contributed by atoms with Crippen molar-refractivity contribution >= 4 is 22.1 Å². The molecule has 0 aliphatic rings. The molecule has 0 amide bonds. The highest BCUT2D eigenvalue weighted by Crippen LogP contribution is 2.16. The van der Waals surface area contributed by atoms with Crippen LogP contribution in [0.3, 0.4) is 0 Å². The fourth-order valence-electron chi connectivity index (χ4n) is 1.05. The van der Waals surface area contributed by atoms with Crippen LogP contribution in [0.5, 0.6) is 0 Å². The van der Waals surface area contributed by atoms with Crippen LogP contribution in [-0.4, -0.2) is 13.3 Å². The van der Waals surface area contributed by atoms with E-state index in [9.17, 15) is 0 Å². The molecule has 3 heteroatoms. The molecule has 0 bridgehead atoms. The van der Waals surface area contributed by atoms with Crippen molar-refractivity contribution in [2.45, 2.75) is 12.8 Å². The largest absolute Gasteiger partial charge is 0.399 e. The number of oxime groups is 1. The Balaban J connectivity index is 2.45. The van der Waals surface area contributed by atoms with Crippen LogP contribution in [0.1, 0.15) is 12.0 Å². The van der Waals surface area contributed by atoms with Gasteiger partial charge in [-0.2, -0.15) is 0 Å². The van der Waals surface area contributed by atoms with Crippen LogP contribution in [-0.2, 0) is 11.3 Å². The van der Waals surface area contributed by atoms with Gasteiger partial charge >= 0.3 is 0 Å². The van der Waals surface area contributed by atoms with Gasteiger partial charge in [0.1, 0.15) is 7.11 Å². The van der Waals surface area contributed by atoms with Gasteiger partial charge in [0.15, 0.2) is 0 Å². The van der Waals surface area contributed by atoms with E-state index in [-0.39, 0.29) is 0 Å². The van der Waals surface area contributed by atoms with E-state index in [0.717, 1.165) is 17.3 Å². The smallest absolute Gasteiger partial charge is 0.106 e. The minimum atomic E-state index is 0.899. The molecular formula is C10H12BrNO. The van der Waals surface area contributed by atoms with Crippen LogP contribution < -0.4 is 0 Å². The monoisotopic (exact) mass is 241 g/mol. The zero-order valence-corrected chi connectivity index (χ0v) is 9.12. The minimum absolute atomic E-state index is 0.899. The molecule has 13 heavy (non-hydrogen) atoms. The first-order valence-corrected chi connectivity index (χ1v) is 4.92. The van der Waals surface area contributed by atoms with E-state index in [2.05, 4.69) is 32.0 Å². The fraction of sp³-hybridized carbons (Fsp3) is 0.300. The summed E-state index contributed by atoms with van der Waals surface area (Å²) in [5.74, 6) is 0. The van der Waals surface area contributed by atoms with Crippen molar-refractivity contribution in [2.75, 3.05) is 7.11 Å². The number of aryl methyl sites for hydroxylation is 1. The lowest BCUT2D eigenvalue weighted by molar-refractivity contribution is 0.214. The molecule has 0 aliphatic heterocycles. The highest BCUT2D eigenvalue weighted by molar-refractivity contribution is 9.10. The molecule has 0 fully saturated rings. The first kappa shape index (κ1) is 10.3. The number of hydrogen-bond donors (Lipinski definition) is 0. The number of halogens is 1. The Hall–Kier alpha value is -0.830. The van der Waals surface area contributed by atoms with Gasteiger partial charge in [-0.05, 0) is 24.5 Å². The Morgan fingerprint density at radius 1 is 1.46 bits per heavy atom. The molecule has 2 nitrogen and oxygen atoms in total. The van der Waals surface area contributed by atoms with Crippen LogP contribution >= 0.6 is 15.9 Å². The normalized spacial score (nSPS) is 10.6. The minimum Gasteiger partial charge on any atom is -0.399 e. The van der Waals surface area contributed by atoms with Gasteiger partial charge in [0.05, 0.1) is 0 Å². The Morgan fingerprint density at radius 3 is 2.92 bits per heavy atom. The average Bonchev–Trinajstić information content (AvgIpc) is 2.15. The summed E-state index contributed by atoms with van der Waals surface area (Å²) in [6.07, 6.45) is 3.66. The lowest BCUT2D eigenvalue weighted by Gasteiger charge is -2.00. The molecule has 0 saturated carbocycles. The molecule has 0 aromatic heterocycles. The van der Waals surface area contributed by atoms with Crippen LogP contribution in [0, 0.1) is 0 Å². The van der Waals surface area contributed by atoms with Crippen molar-refractivity contribution in [1.82, 2.24) is 0 Å². The number of rotatable bonds is 4. The predicted molar refractivity (Wildman–Crippen MR) is 58.0 cm³/mol. The predicted octanol–water partition coefficient (Wildman–Crippen LogP) is 3.01. The Kier molecular flexibility index (Phi) is 4.54. The van der Waals surface area contributed by atoms with Crippen LogP contribution in [0.4, 0.5) is 0 Å². The van der Waals surface area contributed by atoms with Crippen molar-refractivity contribution < 1.29 is 4.84 Å². The third kappa shape index (κ3) is 3.59. The van der Waals surface area contributed by atoms with E-state index in [1.807, 2.05) is 18.2 Å². The summed E-state index contributed by atoms with van der Waals surface area (Å²) >= 11 is 3.49. The summed E-state index contributed by atoms with van der Waals surface area (Å²) in [6.45, 7) is 0. The van der Waals surface area contributed by atoms with Crippen molar-refractivity contribution in [2.24, 2.45) is 5.16 Å². The van der Waals surface area contributed by atoms with Crippen molar-refractivity contribution in [3.63, 3.8) is 0 Å². The van der Waals surface area contributed by atoms with E-state index < -0.39 is 0 Å². The third-order valence-electron chi connectivity index (χ3n) is 1.68. The van der Waals surface area contributed by atoms with Crippen LogP contribution in [0.25, 0.3) is 0 Å². The summed E-state index contributed by atoms with van der Waals surface area (Å²) in [5, 5.41) is 3.68. The van der Waals surface area contributed by atoms with E-state index in [1.165, 1.54) is 5.56 Å². The number of nitrogens with zero attached hydrogens (tertiary/aromatic N) is 1. The maximum Gasteiger partial charge on any atom is 0.106 e. The summed E-state index contributed by atoms with van der Waals surface area (Å²) < 4.78 is 1.15. The maximum atomic E-state index is 4.57. The van der Waals surface area contributed by atoms with Gasteiger partial charge in [-0.15, -0.1) is 0 Å². The molecule has 0 spiro atoms. The van der Waals surface area contributed by atoms with Gasteiger partial charge in [0.2, 0.25) is 0 Å². The maximum absolute atomic E-state index is 4.57. The van der Waals surface area contributed by atoms with Crippen LogP contribution in [0.15, 0.2) is 33.9 Å². The Morgan fingerprint density at radius 2 is 2.23 bits per heavy atom. The Bertz CT molecular complexity index is 286. The molecule has 1 rings (SSSR count). The van der Waals surface area contributed by atoms with Crippen molar-refractivity contribution in [3.05, 3.63) is 34.3 Å². The number of benzene rings is 1. The van der Waals surface area contributed by atoms with Crippen LogP contribution in [0.2, 0.25) is 0 Å². The fourth-order valence-corrected chi connectivity index (χ4v) is 1.53. The molecule has 0 N–H and O–H groups in total. The molecule has 1 aromatic carbocycles. The molecule has 1 aromatic rings. The zero-order valence-electron chi connectivity index (χ0n) is 7.53. The second-order valence-electron chi connectivity index (χ2n) is 2.60. The topological polar surface area (TPSA) is 21.6 Å². The average molecular weight is 242 g/mol. The first-order chi connectivity index (χ1) is 6.34. The third-order valence-corrected chi connectivity index (χ3v) is 2.45. The summed E-state index contributed by atoms with van der Waals surface area (Å²) in [4.78, 5) is 4.57. The van der Waals surface area contributed by atoms with Gasteiger partial charge in [-0.3, -0.25) is 0 Å². The lowest BCUT2D eigenvalue weighted by atomic mass is 10.1. The van der Waals surface area contributed by atoms with Gasteiger partial charge < -0.3 is 4.84 Å². The summed E-state index contributed by atoms with van der Waals surface area (Å²) in [7, 11) is 1.55. The van der Waals surface area contributed by atoms with E-state index >= 15 is 0 Å². The SMILES string of the molecule is CO/N=C/CCc1ccccc1Br. The molecule has 0 aliphatic carbocycles. The highest BCUT2D eigenvalue weighted by Gasteiger charge is 1.95. The number of hydrogen-bond acceptors (Lipinski definition) is 2. The zero-order chi connectivity index (χ0) is 9.52. The van der Waals surface area contributed by atoms with Gasteiger partial charge in [-0.1, -0.05) is 39.3 Å².